The third kappa shape index (κ3) is 5.43. The molecule has 0 radical (unpaired) electrons. The van der Waals surface area contributed by atoms with Crippen LogP contribution in [0.15, 0.2) is 77.2 Å². The predicted molar refractivity (Wildman–Crippen MR) is 136 cm³/mol. The Morgan fingerprint density at radius 2 is 1.74 bits per heavy atom. The molecular formula is C29H29N3O3. The van der Waals surface area contributed by atoms with Crippen LogP contribution < -0.4 is 5.32 Å². The summed E-state index contributed by atoms with van der Waals surface area (Å²) in [5.74, 6) is 0.904. The van der Waals surface area contributed by atoms with Gasteiger partial charge in [-0.2, -0.15) is 0 Å². The molecule has 1 saturated heterocycles. The van der Waals surface area contributed by atoms with Crippen molar-refractivity contribution in [3.8, 4) is 11.5 Å². The fraction of sp³-hybridized carbons (Fsp3) is 0.276. The molecule has 0 aliphatic carbocycles. The first-order chi connectivity index (χ1) is 17.0. The molecule has 0 bridgehead atoms. The van der Waals surface area contributed by atoms with Crippen LogP contribution in [-0.4, -0.2) is 34.8 Å². The third-order valence-corrected chi connectivity index (χ3v) is 6.64. The van der Waals surface area contributed by atoms with E-state index in [0.717, 1.165) is 29.5 Å². The molecule has 2 amide bonds. The van der Waals surface area contributed by atoms with Crippen molar-refractivity contribution in [2.45, 2.75) is 32.7 Å². The lowest BCUT2D eigenvalue weighted by atomic mass is 9.92. The minimum atomic E-state index is -0.00756. The number of hydrogen-bond donors (Lipinski definition) is 1. The van der Waals surface area contributed by atoms with Crippen LogP contribution in [0.3, 0.4) is 0 Å². The van der Waals surface area contributed by atoms with E-state index in [1.165, 1.54) is 5.56 Å². The number of piperidine rings is 1. The predicted octanol–water partition coefficient (Wildman–Crippen LogP) is 5.36. The Bertz CT molecular complexity index is 1320. The van der Waals surface area contributed by atoms with Crippen molar-refractivity contribution in [1.29, 1.82) is 0 Å². The minimum absolute atomic E-state index is 0.00756. The summed E-state index contributed by atoms with van der Waals surface area (Å²) in [6.45, 7) is 3.90. The quantitative estimate of drug-likeness (QED) is 0.414. The van der Waals surface area contributed by atoms with Gasteiger partial charge >= 0.3 is 0 Å². The van der Waals surface area contributed by atoms with Crippen molar-refractivity contribution in [3.63, 3.8) is 0 Å². The van der Waals surface area contributed by atoms with Crippen LogP contribution in [0, 0.1) is 12.8 Å². The van der Waals surface area contributed by atoms with Crippen molar-refractivity contribution in [3.05, 3.63) is 89.5 Å². The van der Waals surface area contributed by atoms with Crippen LogP contribution in [0.2, 0.25) is 0 Å². The molecule has 0 atom stereocenters. The van der Waals surface area contributed by atoms with E-state index in [-0.39, 0.29) is 11.8 Å². The molecule has 178 valence electrons. The number of nitrogens with zero attached hydrogens (tertiary/aromatic N) is 2. The van der Waals surface area contributed by atoms with Gasteiger partial charge in [-0.15, -0.1) is 0 Å². The second-order valence-electron chi connectivity index (χ2n) is 9.27. The lowest BCUT2D eigenvalue weighted by Crippen LogP contribution is -2.39. The smallest absolute Gasteiger partial charge is 0.253 e. The van der Waals surface area contributed by atoms with Gasteiger partial charge in [0.25, 0.3) is 5.91 Å². The maximum absolute atomic E-state index is 13.1. The highest BCUT2D eigenvalue weighted by molar-refractivity contribution is 5.97. The molecule has 1 aliphatic rings. The highest BCUT2D eigenvalue weighted by Gasteiger charge is 2.25. The Hall–Kier alpha value is -3.93. The van der Waals surface area contributed by atoms with Gasteiger partial charge < -0.3 is 14.6 Å². The number of benzene rings is 3. The molecule has 4 aromatic rings. The lowest BCUT2D eigenvalue weighted by molar-refractivity contribution is -0.122. The van der Waals surface area contributed by atoms with E-state index in [1.54, 1.807) is 6.07 Å². The Balaban J connectivity index is 1.14. The van der Waals surface area contributed by atoms with Crippen molar-refractivity contribution in [1.82, 2.24) is 15.2 Å². The average Bonchev–Trinajstić information content (AvgIpc) is 3.32. The second kappa shape index (κ2) is 10.1. The molecule has 3 aromatic carbocycles. The van der Waals surface area contributed by atoms with E-state index in [4.69, 9.17) is 4.42 Å². The highest BCUT2D eigenvalue weighted by Crippen LogP contribution is 2.26. The molecule has 2 heterocycles. The summed E-state index contributed by atoms with van der Waals surface area (Å²) in [6.07, 6.45) is 2.15. The van der Waals surface area contributed by atoms with Crippen molar-refractivity contribution in [2.24, 2.45) is 5.92 Å². The fourth-order valence-corrected chi connectivity index (χ4v) is 4.53. The number of likely N-dealkylation sites (tertiary alicyclic amines) is 1. The monoisotopic (exact) mass is 467 g/mol. The van der Waals surface area contributed by atoms with Gasteiger partial charge in [0.1, 0.15) is 5.52 Å². The molecule has 6 heteroatoms. The van der Waals surface area contributed by atoms with Crippen LogP contribution in [0.1, 0.15) is 40.7 Å². The molecular weight excluding hydrogens is 438 g/mol. The number of carbonyl (C=O) groups excluding carboxylic acids is 2. The number of hydrogen-bond acceptors (Lipinski definition) is 4. The van der Waals surface area contributed by atoms with Crippen molar-refractivity contribution < 1.29 is 14.0 Å². The molecule has 6 nitrogen and oxygen atoms in total. The van der Waals surface area contributed by atoms with Crippen molar-refractivity contribution >= 4 is 22.9 Å². The number of aromatic nitrogens is 1. The summed E-state index contributed by atoms with van der Waals surface area (Å²) in [4.78, 5) is 31.9. The molecule has 0 unspecified atom stereocenters. The Kier molecular flexibility index (Phi) is 6.62. The van der Waals surface area contributed by atoms with Crippen LogP contribution >= 0.6 is 0 Å². The van der Waals surface area contributed by atoms with Crippen LogP contribution in [0.25, 0.3) is 22.6 Å². The number of carbonyl (C=O) groups is 2. The first-order valence-corrected chi connectivity index (χ1v) is 12.1. The molecule has 1 aliphatic heterocycles. The minimum Gasteiger partial charge on any atom is -0.436 e. The summed E-state index contributed by atoms with van der Waals surface area (Å²) >= 11 is 0. The number of aryl methyl sites for hydroxylation is 1. The SMILES string of the molecule is Cc1ccc(CNC(=O)CC2CCN(C(=O)c3ccc4nc(-c5ccccc5)oc4c3)CC2)cc1. The molecule has 35 heavy (non-hydrogen) atoms. The van der Waals surface area contributed by atoms with E-state index in [9.17, 15) is 9.59 Å². The summed E-state index contributed by atoms with van der Waals surface area (Å²) in [5, 5.41) is 3.02. The summed E-state index contributed by atoms with van der Waals surface area (Å²) in [7, 11) is 0. The van der Waals surface area contributed by atoms with Crippen LogP contribution in [0.5, 0.6) is 0 Å². The average molecular weight is 468 g/mol. The molecule has 0 saturated carbocycles. The number of oxazole rings is 1. The fourth-order valence-electron chi connectivity index (χ4n) is 4.53. The van der Waals surface area contributed by atoms with E-state index in [2.05, 4.69) is 22.4 Å². The lowest BCUT2D eigenvalue weighted by Gasteiger charge is -2.31. The topological polar surface area (TPSA) is 75.4 Å². The zero-order valence-electron chi connectivity index (χ0n) is 19.9. The second-order valence-corrected chi connectivity index (χ2v) is 9.27. The van der Waals surface area contributed by atoms with Crippen LogP contribution in [-0.2, 0) is 11.3 Å². The Morgan fingerprint density at radius 3 is 2.49 bits per heavy atom. The zero-order valence-corrected chi connectivity index (χ0v) is 19.9. The van der Waals surface area contributed by atoms with E-state index in [0.29, 0.717) is 49.0 Å². The third-order valence-electron chi connectivity index (χ3n) is 6.64. The molecule has 1 N–H and O–H groups in total. The van der Waals surface area contributed by atoms with E-state index in [1.807, 2.05) is 66.4 Å². The number of nitrogens with one attached hydrogen (secondary N) is 1. The van der Waals surface area contributed by atoms with E-state index < -0.39 is 0 Å². The maximum Gasteiger partial charge on any atom is 0.253 e. The summed E-state index contributed by atoms with van der Waals surface area (Å²) < 4.78 is 5.93. The van der Waals surface area contributed by atoms with Gasteiger partial charge in [0.2, 0.25) is 11.8 Å². The number of amides is 2. The Morgan fingerprint density at radius 1 is 1.00 bits per heavy atom. The van der Waals surface area contributed by atoms with Crippen LogP contribution in [0.4, 0.5) is 0 Å². The van der Waals surface area contributed by atoms with Crippen molar-refractivity contribution in [2.75, 3.05) is 13.1 Å². The summed E-state index contributed by atoms with van der Waals surface area (Å²) in [5.41, 5.74) is 5.15. The van der Waals surface area contributed by atoms with E-state index >= 15 is 0 Å². The van der Waals surface area contributed by atoms with Gasteiger partial charge in [-0.25, -0.2) is 4.98 Å². The normalized spacial score (nSPS) is 14.3. The molecule has 1 fully saturated rings. The molecule has 5 rings (SSSR count). The Labute approximate surface area is 205 Å². The zero-order chi connectivity index (χ0) is 24.2. The first kappa shape index (κ1) is 22.8. The van der Waals surface area contributed by atoms with Gasteiger partial charge in [-0.3, -0.25) is 9.59 Å². The maximum atomic E-state index is 13.1. The van der Waals surface area contributed by atoms with Gasteiger partial charge in [0.15, 0.2) is 5.58 Å². The molecule has 1 aromatic heterocycles. The van der Waals surface area contributed by atoms with Gasteiger partial charge in [0.05, 0.1) is 0 Å². The standard InChI is InChI=1S/C29H29N3O3/c1-20-7-9-22(10-8-20)19-30-27(33)17-21-13-15-32(16-14-21)29(34)24-11-12-25-26(18-24)35-28(31-25)23-5-3-2-4-6-23/h2-12,18,21H,13-17,19H2,1H3,(H,30,33). The molecule has 0 spiro atoms. The largest absolute Gasteiger partial charge is 0.436 e. The first-order valence-electron chi connectivity index (χ1n) is 12.1. The number of rotatable bonds is 6. The number of fused-ring (bicyclic) bond motifs is 1. The van der Waals surface area contributed by atoms with Gasteiger partial charge in [-0.1, -0.05) is 48.0 Å². The van der Waals surface area contributed by atoms with Gasteiger partial charge in [-0.05, 0) is 61.6 Å². The van der Waals surface area contributed by atoms with Gasteiger partial charge in [0, 0.05) is 37.2 Å². The highest BCUT2D eigenvalue weighted by atomic mass is 16.3. The summed E-state index contributed by atoms with van der Waals surface area (Å²) in [6, 6.07) is 23.3.